The molecule has 1 N–H and O–H groups in total. The zero-order valence-electron chi connectivity index (χ0n) is 12.3. The highest BCUT2D eigenvalue weighted by Crippen LogP contribution is 2.30. The van der Waals surface area contributed by atoms with Gasteiger partial charge in [-0.1, -0.05) is 37.1 Å². The molecule has 1 aliphatic carbocycles. The largest absolute Gasteiger partial charge is 0.481 e. The predicted octanol–water partition coefficient (Wildman–Crippen LogP) is 4.22. The van der Waals surface area contributed by atoms with E-state index in [0.29, 0.717) is 30.1 Å². The average molecular weight is 309 g/mol. The summed E-state index contributed by atoms with van der Waals surface area (Å²) in [6, 6.07) is 5.45. The van der Waals surface area contributed by atoms with E-state index in [4.69, 9.17) is 11.6 Å². The van der Waals surface area contributed by atoms with Crippen molar-refractivity contribution in [1.82, 2.24) is 0 Å². The fourth-order valence-corrected chi connectivity index (χ4v) is 3.30. The molecule has 0 aliphatic heterocycles. The van der Waals surface area contributed by atoms with Crippen LogP contribution in [-0.2, 0) is 16.0 Å². The summed E-state index contributed by atoms with van der Waals surface area (Å²) in [7, 11) is 0. The Labute approximate surface area is 130 Å². The van der Waals surface area contributed by atoms with E-state index in [9.17, 15) is 14.7 Å². The Hall–Kier alpha value is -1.35. The molecule has 1 aromatic rings. The SMILES string of the molecule is CCC(C(=O)O)c1ccc(CC2CCCCC2=O)c(Cl)c1. The smallest absolute Gasteiger partial charge is 0.310 e. The number of rotatable bonds is 5. The van der Waals surface area contributed by atoms with Gasteiger partial charge in [0.1, 0.15) is 5.78 Å². The number of hydrogen-bond donors (Lipinski definition) is 1. The van der Waals surface area contributed by atoms with Gasteiger partial charge in [-0.25, -0.2) is 0 Å². The van der Waals surface area contributed by atoms with Gasteiger partial charge in [-0.3, -0.25) is 9.59 Å². The van der Waals surface area contributed by atoms with Crippen molar-refractivity contribution in [3.05, 3.63) is 34.3 Å². The Kier molecular flexibility index (Phi) is 5.40. The van der Waals surface area contributed by atoms with Crippen LogP contribution >= 0.6 is 11.6 Å². The van der Waals surface area contributed by atoms with Crippen molar-refractivity contribution in [1.29, 1.82) is 0 Å². The molecule has 1 aromatic carbocycles. The maximum absolute atomic E-state index is 11.9. The van der Waals surface area contributed by atoms with Crippen molar-refractivity contribution in [2.45, 2.75) is 51.4 Å². The molecule has 2 atom stereocenters. The highest BCUT2D eigenvalue weighted by molar-refractivity contribution is 6.31. The van der Waals surface area contributed by atoms with Crippen LogP contribution in [0.15, 0.2) is 18.2 Å². The Balaban J connectivity index is 2.15. The number of carboxylic acid groups (broad SMARTS) is 1. The van der Waals surface area contributed by atoms with Crippen molar-refractivity contribution < 1.29 is 14.7 Å². The van der Waals surface area contributed by atoms with Crippen molar-refractivity contribution in [2.24, 2.45) is 5.92 Å². The number of carboxylic acids is 1. The molecule has 0 amide bonds. The third kappa shape index (κ3) is 3.85. The molecule has 1 aliphatic rings. The molecule has 0 saturated heterocycles. The number of benzene rings is 1. The molecule has 0 heterocycles. The number of aliphatic carboxylic acids is 1. The van der Waals surface area contributed by atoms with Gasteiger partial charge in [-0.05, 0) is 42.9 Å². The van der Waals surface area contributed by atoms with Crippen LogP contribution in [0.25, 0.3) is 0 Å². The third-order valence-electron chi connectivity index (χ3n) is 4.33. The van der Waals surface area contributed by atoms with Crippen LogP contribution in [-0.4, -0.2) is 16.9 Å². The summed E-state index contributed by atoms with van der Waals surface area (Å²) in [5.41, 5.74) is 1.68. The van der Waals surface area contributed by atoms with Crippen molar-refractivity contribution in [2.75, 3.05) is 0 Å². The molecule has 21 heavy (non-hydrogen) atoms. The van der Waals surface area contributed by atoms with E-state index in [1.807, 2.05) is 19.1 Å². The maximum atomic E-state index is 11.9. The quantitative estimate of drug-likeness (QED) is 0.886. The molecule has 2 unspecified atom stereocenters. The van der Waals surface area contributed by atoms with Crippen molar-refractivity contribution in [3.63, 3.8) is 0 Å². The zero-order valence-corrected chi connectivity index (χ0v) is 13.0. The van der Waals surface area contributed by atoms with Crippen LogP contribution in [0.5, 0.6) is 0 Å². The highest BCUT2D eigenvalue weighted by Gasteiger charge is 2.24. The number of ketones is 1. The molecular weight excluding hydrogens is 288 g/mol. The summed E-state index contributed by atoms with van der Waals surface area (Å²) in [4.78, 5) is 23.1. The Morgan fingerprint density at radius 2 is 2.19 bits per heavy atom. The first-order valence-corrected chi connectivity index (χ1v) is 7.94. The lowest BCUT2D eigenvalue weighted by molar-refractivity contribution is -0.138. The van der Waals surface area contributed by atoms with Gasteiger partial charge in [0, 0.05) is 17.4 Å². The number of carbonyl (C=O) groups excluding carboxylic acids is 1. The van der Waals surface area contributed by atoms with Crippen LogP contribution < -0.4 is 0 Å². The third-order valence-corrected chi connectivity index (χ3v) is 4.69. The van der Waals surface area contributed by atoms with Gasteiger partial charge in [0.05, 0.1) is 5.92 Å². The van der Waals surface area contributed by atoms with Crippen molar-refractivity contribution in [3.8, 4) is 0 Å². The van der Waals surface area contributed by atoms with E-state index in [0.717, 1.165) is 30.4 Å². The Morgan fingerprint density at radius 1 is 1.43 bits per heavy atom. The minimum absolute atomic E-state index is 0.0727. The summed E-state index contributed by atoms with van der Waals surface area (Å²) in [6.45, 7) is 1.85. The standard InChI is InChI=1S/C17H21ClO3/c1-2-14(17(20)21)11-7-8-12(15(18)10-11)9-13-5-3-4-6-16(13)19/h7-8,10,13-14H,2-6,9H2,1H3,(H,20,21). The predicted molar refractivity (Wildman–Crippen MR) is 82.8 cm³/mol. The van der Waals surface area contributed by atoms with Gasteiger partial charge in [0.25, 0.3) is 0 Å². The number of halogens is 1. The second-order valence-corrected chi connectivity index (χ2v) is 6.17. The summed E-state index contributed by atoms with van der Waals surface area (Å²) in [5.74, 6) is -0.946. The lowest BCUT2D eigenvalue weighted by atomic mass is 9.83. The summed E-state index contributed by atoms with van der Waals surface area (Å²) in [6.07, 6.45) is 4.91. The van der Waals surface area contributed by atoms with Gasteiger partial charge in [0.15, 0.2) is 0 Å². The molecule has 0 aromatic heterocycles. The monoisotopic (exact) mass is 308 g/mol. The Bertz CT molecular complexity index is 539. The lowest BCUT2D eigenvalue weighted by Crippen LogP contribution is -2.21. The first kappa shape index (κ1) is 16.0. The van der Waals surface area contributed by atoms with Crippen LogP contribution in [0.2, 0.25) is 5.02 Å². The second-order valence-electron chi connectivity index (χ2n) is 5.76. The molecule has 0 bridgehead atoms. The summed E-state index contributed by atoms with van der Waals surface area (Å²) < 4.78 is 0. The fourth-order valence-electron chi connectivity index (χ4n) is 3.04. The van der Waals surface area contributed by atoms with Crippen LogP contribution in [0.1, 0.15) is 56.1 Å². The fraction of sp³-hybridized carbons (Fsp3) is 0.529. The van der Waals surface area contributed by atoms with Crippen LogP contribution in [0, 0.1) is 5.92 Å². The summed E-state index contributed by atoms with van der Waals surface area (Å²) >= 11 is 6.30. The van der Waals surface area contributed by atoms with E-state index >= 15 is 0 Å². The molecular formula is C17H21ClO3. The first-order chi connectivity index (χ1) is 10.0. The molecule has 1 saturated carbocycles. The number of carbonyl (C=O) groups is 2. The van der Waals surface area contributed by atoms with Crippen LogP contribution in [0.4, 0.5) is 0 Å². The molecule has 4 heteroatoms. The second kappa shape index (κ2) is 7.08. The first-order valence-electron chi connectivity index (χ1n) is 7.56. The van der Waals surface area contributed by atoms with Crippen molar-refractivity contribution >= 4 is 23.4 Å². The van der Waals surface area contributed by atoms with Gasteiger partial charge in [-0.2, -0.15) is 0 Å². The minimum atomic E-state index is -0.830. The van der Waals surface area contributed by atoms with E-state index in [-0.39, 0.29) is 5.92 Å². The Morgan fingerprint density at radius 3 is 2.76 bits per heavy atom. The molecule has 114 valence electrons. The topological polar surface area (TPSA) is 54.4 Å². The number of hydrogen-bond acceptors (Lipinski definition) is 2. The lowest BCUT2D eigenvalue weighted by Gasteiger charge is -2.21. The molecule has 3 nitrogen and oxygen atoms in total. The molecule has 2 rings (SSSR count). The summed E-state index contributed by atoms with van der Waals surface area (Å²) in [5, 5.41) is 9.77. The van der Waals surface area contributed by atoms with Gasteiger partial charge in [0.2, 0.25) is 0 Å². The van der Waals surface area contributed by atoms with E-state index in [1.54, 1.807) is 6.07 Å². The molecule has 1 fully saturated rings. The molecule has 0 spiro atoms. The van der Waals surface area contributed by atoms with Gasteiger partial charge in [-0.15, -0.1) is 0 Å². The normalized spacial score (nSPS) is 20.3. The van der Waals surface area contributed by atoms with Crippen LogP contribution in [0.3, 0.4) is 0 Å². The van der Waals surface area contributed by atoms with E-state index in [2.05, 4.69) is 0 Å². The van der Waals surface area contributed by atoms with E-state index in [1.165, 1.54) is 0 Å². The average Bonchev–Trinajstić information content (AvgIpc) is 2.44. The maximum Gasteiger partial charge on any atom is 0.310 e. The minimum Gasteiger partial charge on any atom is -0.481 e. The van der Waals surface area contributed by atoms with Gasteiger partial charge >= 0.3 is 5.97 Å². The van der Waals surface area contributed by atoms with Gasteiger partial charge < -0.3 is 5.11 Å². The zero-order chi connectivity index (χ0) is 15.4. The van der Waals surface area contributed by atoms with E-state index < -0.39 is 11.9 Å². The highest BCUT2D eigenvalue weighted by atomic mass is 35.5. The molecule has 0 radical (unpaired) electrons. The number of Topliss-reactive ketones (excluding diaryl/α,β-unsaturated/α-hetero) is 1.